The van der Waals surface area contributed by atoms with Gasteiger partial charge in [0.05, 0.1) is 5.57 Å². The number of halogens is 1. The van der Waals surface area contributed by atoms with Gasteiger partial charge in [0.1, 0.15) is 17.9 Å². The Morgan fingerprint density at radius 1 is 1.27 bits per heavy atom. The molecular formula is C16H16ClNO4. The number of nitrogens with one attached hydrogen (secondary N) is 1. The number of hydrogen-bond donors (Lipinski definition) is 2. The van der Waals surface area contributed by atoms with Crippen molar-refractivity contribution in [2.75, 3.05) is 6.61 Å². The van der Waals surface area contributed by atoms with E-state index in [1.807, 2.05) is 0 Å². The highest BCUT2D eigenvalue weighted by atomic mass is 35.5. The van der Waals surface area contributed by atoms with E-state index in [1.54, 1.807) is 24.3 Å². The van der Waals surface area contributed by atoms with Crippen LogP contribution in [-0.4, -0.2) is 29.1 Å². The minimum Gasteiger partial charge on any atom is -0.488 e. The first-order valence-corrected chi connectivity index (χ1v) is 7.57. The molecule has 0 radical (unpaired) electrons. The minimum absolute atomic E-state index is 0.121. The van der Waals surface area contributed by atoms with E-state index in [4.69, 9.17) is 16.3 Å². The number of carbonyl (C=O) groups is 2. The third kappa shape index (κ3) is 2.68. The molecule has 1 aromatic rings. The highest BCUT2D eigenvalue weighted by molar-refractivity contribution is 6.30. The minimum atomic E-state index is -1.15. The predicted octanol–water partition coefficient (Wildman–Crippen LogP) is 2.63. The summed E-state index contributed by atoms with van der Waals surface area (Å²) in [5, 5.41) is 12.7. The molecular weight excluding hydrogens is 306 g/mol. The van der Waals surface area contributed by atoms with E-state index in [0.29, 0.717) is 29.2 Å². The average molecular weight is 322 g/mol. The summed E-state index contributed by atoms with van der Waals surface area (Å²) >= 11 is 5.94. The van der Waals surface area contributed by atoms with E-state index in [-0.39, 0.29) is 6.61 Å². The number of rotatable bonds is 3. The highest BCUT2D eigenvalue weighted by Crippen LogP contribution is 2.32. The van der Waals surface area contributed by atoms with E-state index in [0.717, 1.165) is 18.4 Å². The van der Waals surface area contributed by atoms with Gasteiger partial charge in [-0.25, -0.2) is 4.79 Å². The molecule has 1 aliphatic heterocycles. The van der Waals surface area contributed by atoms with E-state index >= 15 is 0 Å². The van der Waals surface area contributed by atoms with Crippen molar-refractivity contribution in [1.29, 1.82) is 0 Å². The van der Waals surface area contributed by atoms with Crippen molar-refractivity contribution in [2.24, 2.45) is 0 Å². The van der Waals surface area contributed by atoms with Crippen LogP contribution in [0.1, 0.15) is 31.2 Å². The average Bonchev–Trinajstić information content (AvgIpc) is 2.96. The number of hydrogen-bond acceptors (Lipinski definition) is 3. The fourth-order valence-electron chi connectivity index (χ4n) is 2.95. The van der Waals surface area contributed by atoms with Gasteiger partial charge in [0.2, 0.25) is 0 Å². The number of carbonyl (C=O) groups excluding carboxylic acids is 1. The van der Waals surface area contributed by atoms with Crippen molar-refractivity contribution < 1.29 is 19.4 Å². The summed E-state index contributed by atoms with van der Waals surface area (Å²) in [5.74, 6) is -0.705. The molecule has 116 valence electrons. The van der Waals surface area contributed by atoms with Gasteiger partial charge >= 0.3 is 5.97 Å². The number of carboxylic acid groups (broad SMARTS) is 1. The number of ether oxygens (including phenoxy) is 1. The number of amides is 1. The van der Waals surface area contributed by atoms with Crippen molar-refractivity contribution >= 4 is 29.6 Å². The Morgan fingerprint density at radius 2 is 2.00 bits per heavy atom. The molecule has 0 atom stereocenters. The number of fused-ring (bicyclic) bond motifs is 1. The second kappa shape index (κ2) is 5.65. The number of aliphatic carboxylic acids is 1. The topological polar surface area (TPSA) is 75.6 Å². The zero-order valence-electron chi connectivity index (χ0n) is 11.9. The maximum Gasteiger partial charge on any atom is 0.329 e. The summed E-state index contributed by atoms with van der Waals surface area (Å²) in [6, 6.07) is 5.18. The molecule has 1 saturated carbocycles. The zero-order chi connectivity index (χ0) is 15.7. The standard InChI is InChI=1S/C16H16ClNO4/c17-12-3-4-13-10(8-12)7-11(9-22-13)14(19)18-16(15(20)21)5-1-2-6-16/h3-4,7-8H,1-2,5-6,9H2,(H,18,19)(H,20,21). The van der Waals surface area contributed by atoms with Gasteiger partial charge < -0.3 is 15.2 Å². The van der Waals surface area contributed by atoms with Crippen LogP contribution in [0.3, 0.4) is 0 Å². The molecule has 1 fully saturated rings. The molecule has 2 aliphatic rings. The van der Waals surface area contributed by atoms with Crippen LogP contribution in [0.25, 0.3) is 6.08 Å². The van der Waals surface area contributed by atoms with Crippen LogP contribution < -0.4 is 10.1 Å². The predicted molar refractivity (Wildman–Crippen MR) is 81.9 cm³/mol. The lowest BCUT2D eigenvalue weighted by molar-refractivity contribution is -0.146. The third-order valence-corrected chi connectivity index (χ3v) is 4.43. The molecule has 5 nitrogen and oxygen atoms in total. The summed E-state index contributed by atoms with van der Waals surface area (Å²) in [7, 11) is 0. The van der Waals surface area contributed by atoms with E-state index < -0.39 is 17.4 Å². The monoisotopic (exact) mass is 321 g/mol. The van der Waals surface area contributed by atoms with Crippen LogP contribution in [0.4, 0.5) is 0 Å². The maximum absolute atomic E-state index is 12.4. The van der Waals surface area contributed by atoms with E-state index in [9.17, 15) is 14.7 Å². The van der Waals surface area contributed by atoms with Gasteiger partial charge in [0, 0.05) is 10.6 Å². The Hall–Kier alpha value is -2.01. The molecule has 0 spiro atoms. The van der Waals surface area contributed by atoms with Gasteiger partial charge in [0.25, 0.3) is 5.91 Å². The largest absolute Gasteiger partial charge is 0.488 e. The number of benzene rings is 1. The van der Waals surface area contributed by atoms with E-state index in [1.165, 1.54) is 0 Å². The smallest absolute Gasteiger partial charge is 0.329 e. The second-order valence-electron chi connectivity index (χ2n) is 5.69. The van der Waals surface area contributed by atoms with Gasteiger partial charge in [-0.3, -0.25) is 4.79 Å². The summed E-state index contributed by atoms with van der Waals surface area (Å²) < 4.78 is 5.53. The lowest BCUT2D eigenvalue weighted by Gasteiger charge is -2.27. The Labute approximate surface area is 132 Å². The van der Waals surface area contributed by atoms with Gasteiger partial charge in [0.15, 0.2) is 0 Å². The van der Waals surface area contributed by atoms with Crippen LogP contribution in [0.5, 0.6) is 5.75 Å². The van der Waals surface area contributed by atoms with Crippen molar-refractivity contribution in [3.05, 3.63) is 34.4 Å². The molecule has 3 rings (SSSR count). The molecule has 1 heterocycles. The fourth-order valence-corrected chi connectivity index (χ4v) is 3.13. The van der Waals surface area contributed by atoms with Gasteiger partial charge in [-0.05, 0) is 37.1 Å². The van der Waals surface area contributed by atoms with Crippen LogP contribution in [0, 0.1) is 0 Å². The molecule has 2 N–H and O–H groups in total. The molecule has 22 heavy (non-hydrogen) atoms. The maximum atomic E-state index is 12.4. The van der Waals surface area contributed by atoms with Crippen LogP contribution >= 0.6 is 11.6 Å². The Kier molecular flexibility index (Phi) is 3.83. The van der Waals surface area contributed by atoms with E-state index in [2.05, 4.69) is 5.32 Å². The first-order chi connectivity index (χ1) is 10.5. The van der Waals surface area contributed by atoms with Crippen LogP contribution in [0.2, 0.25) is 5.02 Å². The van der Waals surface area contributed by atoms with Crippen LogP contribution in [-0.2, 0) is 9.59 Å². The molecule has 1 aromatic carbocycles. The number of carboxylic acids is 1. The van der Waals surface area contributed by atoms with Crippen LogP contribution in [0.15, 0.2) is 23.8 Å². The van der Waals surface area contributed by atoms with Gasteiger partial charge in [-0.2, -0.15) is 0 Å². The molecule has 0 saturated heterocycles. The first-order valence-electron chi connectivity index (χ1n) is 7.19. The SMILES string of the molecule is O=C(NC1(C(=O)O)CCCC1)C1=Cc2cc(Cl)ccc2OC1. The molecule has 0 unspecified atom stereocenters. The molecule has 6 heteroatoms. The van der Waals surface area contributed by atoms with Gasteiger partial charge in [-0.1, -0.05) is 24.4 Å². The quantitative estimate of drug-likeness (QED) is 0.897. The normalized spacial score (nSPS) is 18.9. The summed E-state index contributed by atoms with van der Waals surface area (Å²) in [5.41, 5.74) is -0.0195. The molecule has 0 bridgehead atoms. The lowest BCUT2D eigenvalue weighted by Crippen LogP contribution is -2.53. The summed E-state index contributed by atoms with van der Waals surface area (Å²) in [4.78, 5) is 23.9. The van der Waals surface area contributed by atoms with Crippen molar-refractivity contribution in [3.63, 3.8) is 0 Å². The second-order valence-corrected chi connectivity index (χ2v) is 6.13. The summed E-state index contributed by atoms with van der Waals surface area (Å²) in [6.45, 7) is 0.121. The molecule has 1 aliphatic carbocycles. The highest BCUT2D eigenvalue weighted by Gasteiger charge is 2.43. The fraction of sp³-hybridized carbons (Fsp3) is 0.375. The van der Waals surface area contributed by atoms with Crippen molar-refractivity contribution in [1.82, 2.24) is 5.32 Å². The first kappa shape index (κ1) is 14.9. The third-order valence-electron chi connectivity index (χ3n) is 4.20. The Bertz CT molecular complexity index is 662. The molecule has 0 aromatic heterocycles. The van der Waals surface area contributed by atoms with Crippen molar-refractivity contribution in [3.8, 4) is 5.75 Å². The van der Waals surface area contributed by atoms with Crippen molar-refractivity contribution in [2.45, 2.75) is 31.2 Å². The summed E-state index contributed by atoms with van der Waals surface area (Å²) in [6.07, 6.45) is 4.24. The lowest BCUT2D eigenvalue weighted by atomic mass is 9.96. The Morgan fingerprint density at radius 3 is 2.68 bits per heavy atom. The molecule has 1 amide bonds. The Balaban J connectivity index is 1.82. The zero-order valence-corrected chi connectivity index (χ0v) is 12.7. The van der Waals surface area contributed by atoms with Gasteiger partial charge in [-0.15, -0.1) is 0 Å².